The maximum Gasteiger partial charge on any atom is 0.250 e. The number of nitrogens with two attached hydrogens (primary N) is 1. The number of nitrogens with one attached hydrogen (secondary N) is 1. The van der Waals surface area contributed by atoms with Gasteiger partial charge in [-0.25, -0.2) is 4.39 Å². The summed E-state index contributed by atoms with van der Waals surface area (Å²) in [5, 5.41) is 2.14. The number of carbonyl (C=O) groups excluding carboxylic acids is 1. The van der Waals surface area contributed by atoms with Crippen molar-refractivity contribution in [2.75, 3.05) is 0 Å². The van der Waals surface area contributed by atoms with Crippen molar-refractivity contribution in [3.05, 3.63) is 54.1 Å². The number of halogens is 1. The second-order valence-electron chi connectivity index (χ2n) is 3.87. The minimum atomic E-state index is -0.457. The van der Waals surface area contributed by atoms with Crippen molar-refractivity contribution in [1.29, 1.82) is 0 Å². The molecule has 0 saturated heterocycles. The van der Waals surface area contributed by atoms with Crippen LogP contribution in [0.15, 0.2) is 46.9 Å². The van der Waals surface area contributed by atoms with E-state index in [1.807, 2.05) is 0 Å². The van der Waals surface area contributed by atoms with Crippen LogP contribution in [0.25, 0.3) is 17.4 Å². The number of furan rings is 1. The average Bonchev–Trinajstić information content (AvgIpc) is 2.85. The Hall–Kier alpha value is -2.47. The molecule has 0 unspecified atom stereocenters. The third-order valence-corrected chi connectivity index (χ3v) is 2.51. The van der Waals surface area contributed by atoms with Crippen LogP contribution in [-0.2, 0) is 4.79 Å². The smallest absolute Gasteiger partial charge is 0.250 e. The van der Waals surface area contributed by atoms with Crippen LogP contribution in [0.2, 0.25) is 0 Å². The third-order valence-electron chi connectivity index (χ3n) is 2.41. The number of carbonyl (C=O) groups is 1. The predicted molar refractivity (Wildman–Crippen MR) is 78.1 cm³/mol. The molecule has 0 fully saturated rings. The van der Waals surface area contributed by atoms with Gasteiger partial charge in [0, 0.05) is 6.08 Å². The van der Waals surface area contributed by atoms with Crippen LogP contribution in [0.3, 0.4) is 0 Å². The monoisotopic (exact) mass is 290 g/mol. The Kier molecular flexibility index (Phi) is 4.27. The van der Waals surface area contributed by atoms with Crippen LogP contribution in [0.4, 0.5) is 4.39 Å². The number of thiocarbonyl (C=S) groups is 1. The molecule has 6 heteroatoms. The molecule has 0 saturated carbocycles. The molecule has 0 radical (unpaired) electrons. The molecule has 0 aliphatic heterocycles. The second-order valence-corrected chi connectivity index (χ2v) is 4.31. The lowest BCUT2D eigenvalue weighted by atomic mass is 10.1. The van der Waals surface area contributed by atoms with Gasteiger partial charge in [-0.1, -0.05) is 12.1 Å². The highest BCUT2D eigenvalue weighted by atomic mass is 32.1. The van der Waals surface area contributed by atoms with E-state index >= 15 is 0 Å². The van der Waals surface area contributed by atoms with Crippen LogP contribution in [0, 0.1) is 5.82 Å². The highest BCUT2D eigenvalue weighted by Crippen LogP contribution is 2.25. The normalized spacial score (nSPS) is 10.7. The third kappa shape index (κ3) is 3.52. The first kappa shape index (κ1) is 14.0. The summed E-state index contributed by atoms with van der Waals surface area (Å²) in [4.78, 5) is 11.3. The van der Waals surface area contributed by atoms with Crippen molar-refractivity contribution >= 4 is 29.3 Å². The molecule has 4 nitrogen and oxygen atoms in total. The van der Waals surface area contributed by atoms with Crippen LogP contribution in [0.5, 0.6) is 0 Å². The van der Waals surface area contributed by atoms with Crippen LogP contribution < -0.4 is 11.1 Å². The number of amides is 1. The highest BCUT2D eigenvalue weighted by molar-refractivity contribution is 7.80. The molecule has 20 heavy (non-hydrogen) atoms. The molecule has 1 amide bonds. The minimum Gasteiger partial charge on any atom is -0.457 e. The maximum atomic E-state index is 13.6. The quantitative estimate of drug-likeness (QED) is 0.673. The van der Waals surface area contributed by atoms with E-state index in [1.54, 1.807) is 30.3 Å². The number of hydrogen-bond acceptors (Lipinski definition) is 3. The molecule has 0 spiro atoms. The molecule has 0 aliphatic carbocycles. The topological polar surface area (TPSA) is 68.3 Å². The van der Waals surface area contributed by atoms with Gasteiger partial charge in [-0.2, -0.15) is 0 Å². The predicted octanol–water partition coefficient (Wildman–Crippen LogP) is 2.46. The molecule has 1 heterocycles. The Morgan fingerprint density at radius 3 is 2.75 bits per heavy atom. The molecule has 3 N–H and O–H groups in total. The number of rotatable bonds is 3. The second kappa shape index (κ2) is 6.12. The summed E-state index contributed by atoms with van der Waals surface area (Å²) in [5.74, 6) is -0.0243. The molecular weight excluding hydrogens is 279 g/mol. The zero-order valence-electron chi connectivity index (χ0n) is 10.3. The Morgan fingerprint density at radius 1 is 1.30 bits per heavy atom. The van der Waals surface area contributed by atoms with Crippen molar-refractivity contribution in [1.82, 2.24) is 5.32 Å². The minimum absolute atomic E-state index is 0.105. The van der Waals surface area contributed by atoms with Gasteiger partial charge >= 0.3 is 0 Å². The van der Waals surface area contributed by atoms with Crippen LogP contribution in [0.1, 0.15) is 5.76 Å². The van der Waals surface area contributed by atoms with E-state index in [0.717, 1.165) is 0 Å². The van der Waals surface area contributed by atoms with Gasteiger partial charge in [0.15, 0.2) is 5.11 Å². The van der Waals surface area contributed by atoms with Gasteiger partial charge in [-0.15, -0.1) is 0 Å². The van der Waals surface area contributed by atoms with Gasteiger partial charge in [0.25, 0.3) is 0 Å². The van der Waals surface area contributed by atoms with Gasteiger partial charge < -0.3 is 10.2 Å². The number of hydrogen-bond donors (Lipinski definition) is 2. The largest absolute Gasteiger partial charge is 0.457 e. The fraction of sp³-hybridized carbons (Fsp3) is 0. The van der Waals surface area contributed by atoms with Crippen LogP contribution >= 0.6 is 12.2 Å². The summed E-state index contributed by atoms with van der Waals surface area (Å²) >= 11 is 4.53. The maximum absolute atomic E-state index is 13.6. The molecule has 0 aliphatic rings. The molecule has 2 rings (SSSR count). The molecule has 0 atom stereocenters. The first-order chi connectivity index (χ1) is 9.56. The van der Waals surface area contributed by atoms with Gasteiger partial charge in [0.1, 0.15) is 17.3 Å². The Morgan fingerprint density at radius 2 is 2.05 bits per heavy atom. The lowest BCUT2D eigenvalue weighted by Crippen LogP contribution is -2.33. The SMILES string of the molecule is NC(=S)NC(=O)/C=C/c1ccc(-c2ccccc2F)o1. The first-order valence-electron chi connectivity index (χ1n) is 5.69. The summed E-state index contributed by atoms with van der Waals surface area (Å²) in [6.45, 7) is 0. The van der Waals surface area contributed by atoms with Crippen LogP contribution in [-0.4, -0.2) is 11.0 Å². The van der Waals surface area contributed by atoms with E-state index in [-0.39, 0.29) is 10.9 Å². The Labute approximate surface area is 120 Å². The summed E-state index contributed by atoms with van der Waals surface area (Å²) in [5.41, 5.74) is 5.52. The van der Waals surface area contributed by atoms with Crippen molar-refractivity contribution < 1.29 is 13.6 Å². The number of benzene rings is 1. The fourth-order valence-electron chi connectivity index (χ4n) is 1.57. The van der Waals surface area contributed by atoms with E-state index < -0.39 is 5.91 Å². The van der Waals surface area contributed by atoms with E-state index in [9.17, 15) is 9.18 Å². The van der Waals surface area contributed by atoms with E-state index in [4.69, 9.17) is 10.2 Å². The molecule has 1 aromatic carbocycles. The fourth-order valence-corrected chi connectivity index (χ4v) is 1.67. The molecule has 102 valence electrons. The van der Waals surface area contributed by atoms with Crippen molar-refractivity contribution in [2.24, 2.45) is 5.73 Å². The average molecular weight is 290 g/mol. The van der Waals surface area contributed by atoms with Gasteiger partial charge in [0.05, 0.1) is 5.56 Å². The van der Waals surface area contributed by atoms with E-state index in [0.29, 0.717) is 17.1 Å². The van der Waals surface area contributed by atoms with E-state index in [2.05, 4.69) is 17.5 Å². The molecule has 1 aromatic heterocycles. The summed E-state index contributed by atoms with van der Waals surface area (Å²) in [6, 6.07) is 9.54. The zero-order chi connectivity index (χ0) is 14.5. The molecule has 2 aromatic rings. The van der Waals surface area contributed by atoms with E-state index in [1.165, 1.54) is 18.2 Å². The summed E-state index contributed by atoms with van der Waals surface area (Å²) < 4.78 is 19.0. The van der Waals surface area contributed by atoms with Gasteiger partial charge in [0.2, 0.25) is 5.91 Å². The summed E-state index contributed by atoms with van der Waals surface area (Å²) in [6.07, 6.45) is 2.67. The summed E-state index contributed by atoms with van der Waals surface area (Å²) in [7, 11) is 0. The highest BCUT2D eigenvalue weighted by Gasteiger charge is 2.08. The zero-order valence-corrected chi connectivity index (χ0v) is 11.1. The van der Waals surface area contributed by atoms with Gasteiger partial charge in [-0.3, -0.25) is 10.1 Å². The lowest BCUT2D eigenvalue weighted by molar-refractivity contribution is -0.115. The van der Waals surface area contributed by atoms with Crippen molar-refractivity contribution in [3.63, 3.8) is 0 Å². The van der Waals surface area contributed by atoms with Gasteiger partial charge in [-0.05, 0) is 42.6 Å². The standard InChI is InChI=1S/C14H11FN2O2S/c15-11-4-2-1-3-10(11)12-7-5-9(19-12)6-8-13(18)17-14(16)20/h1-8H,(H3,16,17,18,20)/b8-6+. The lowest BCUT2D eigenvalue weighted by Gasteiger charge is -1.98. The Balaban J connectivity index is 2.14. The van der Waals surface area contributed by atoms with Crippen molar-refractivity contribution in [3.8, 4) is 11.3 Å². The Bertz CT molecular complexity index is 679. The first-order valence-corrected chi connectivity index (χ1v) is 6.10. The molecule has 0 bridgehead atoms. The van der Waals surface area contributed by atoms with Crippen molar-refractivity contribution in [2.45, 2.75) is 0 Å². The molecular formula is C14H11FN2O2S.